The predicted molar refractivity (Wildman–Crippen MR) is 76.5 cm³/mol. The second-order valence-electron chi connectivity index (χ2n) is 4.60. The summed E-state index contributed by atoms with van der Waals surface area (Å²) in [6.07, 6.45) is 0. The van der Waals surface area contributed by atoms with Crippen LogP contribution in [0.15, 0.2) is 42.5 Å². The standard InChI is InChI=1S/C15H17BO3/c1-11-4-3-5-15(12(11)2)19-10-13-6-8-14(9-7-13)16(17)18/h3-9,17-18H,10H2,1-2H3. The second kappa shape index (κ2) is 5.91. The predicted octanol–water partition coefficient (Wildman–Crippen LogP) is 1.56. The Hall–Kier alpha value is -1.78. The van der Waals surface area contributed by atoms with Crippen LogP contribution in [0.2, 0.25) is 0 Å². The highest BCUT2D eigenvalue weighted by Crippen LogP contribution is 2.21. The van der Waals surface area contributed by atoms with E-state index in [0.29, 0.717) is 12.1 Å². The van der Waals surface area contributed by atoms with Crippen LogP contribution in [0, 0.1) is 13.8 Å². The van der Waals surface area contributed by atoms with Gasteiger partial charge in [0.2, 0.25) is 0 Å². The third-order valence-corrected chi connectivity index (χ3v) is 3.23. The van der Waals surface area contributed by atoms with Gasteiger partial charge < -0.3 is 14.8 Å². The van der Waals surface area contributed by atoms with Gasteiger partial charge in [-0.1, -0.05) is 36.4 Å². The van der Waals surface area contributed by atoms with Gasteiger partial charge in [0, 0.05) is 0 Å². The Balaban J connectivity index is 2.04. The summed E-state index contributed by atoms with van der Waals surface area (Å²) in [6, 6.07) is 13.0. The van der Waals surface area contributed by atoms with E-state index in [-0.39, 0.29) is 0 Å². The van der Waals surface area contributed by atoms with E-state index in [2.05, 4.69) is 13.0 Å². The van der Waals surface area contributed by atoms with Gasteiger partial charge in [0.05, 0.1) is 0 Å². The van der Waals surface area contributed by atoms with E-state index in [1.807, 2.05) is 31.2 Å². The Morgan fingerprint density at radius 2 is 1.68 bits per heavy atom. The average Bonchev–Trinajstić information content (AvgIpc) is 2.41. The second-order valence-corrected chi connectivity index (χ2v) is 4.60. The number of ether oxygens (including phenoxy) is 1. The first-order valence-electron chi connectivity index (χ1n) is 6.22. The highest BCUT2D eigenvalue weighted by Gasteiger charge is 2.09. The van der Waals surface area contributed by atoms with Gasteiger partial charge in [0.25, 0.3) is 0 Å². The molecule has 0 saturated heterocycles. The van der Waals surface area contributed by atoms with Crippen molar-refractivity contribution in [3.63, 3.8) is 0 Å². The normalized spacial score (nSPS) is 10.3. The summed E-state index contributed by atoms with van der Waals surface area (Å²) in [4.78, 5) is 0. The third kappa shape index (κ3) is 3.37. The van der Waals surface area contributed by atoms with Crippen molar-refractivity contribution < 1.29 is 14.8 Å². The Bertz CT molecular complexity index is 550. The van der Waals surface area contributed by atoms with Crippen LogP contribution < -0.4 is 10.2 Å². The van der Waals surface area contributed by atoms with Gasteiger partial charge in [-0.3, -0.25) is 0 Å². The fourth-order valence-corrected chi connectivity index (χ4v) is 1.83. The lowest BCUT2D eigenvalue weighted by Gasteiger charge is -2.11. The molecule has 98 valence electrons. The van der Waals surface area contributed by atoms with Gasteiger partial charge in [-0.05, 0) is 42.1 Å². The lowest BCUT2D eigenvalue weighted by Crippen LogP contribution is -2.29. The summed E-state index contributed by atoms with van der Waals surface area (Å²) >= 11 is 0. The molecular weight excluding hydrogens is 239 g/mol. The Labute approximate surface area is 113 Å². The molecule has 0 aliphatic carbocycles. The monoisotopic (exact) mass is 256 g/mol. The average molecular weight is 256 g/mol. The van der Waals surface area contributed by atoms with Crippen molar-refractivity contribution in [1.29, 1.82) is 0 Å². The molecule has 2 rings (SSSR count). The molecule has 0 spiro atoms. The highest BCUT2D eigenvalue weighted by molar-refractivity contribution is 6.58. The lowest BCUT2D eigenvalue weighted by molar-refractivity contribution is 0.304. The minimum absolute atomic E-state index is 0.464. The molecule has 2 aromatic carbocycles. The van der Waals surface area contributed by atoms with Gasteiger partial charge >= 0.3 is 7.12 Å². The molecule has 4 heteroatoms. The molecule has 0 saturated carbocycles. The van der Waals surface area contributed by atoms with E-state index in [9.17, 15) is 0 Å². The van der Waals surface area contributed by atoms with E-state index in [0.717, 1.165) is 16.9 Å². The molecule has 0 aliphatic heterocycles. The minimum atomic E-state index is -1.42. The molecule has 2 aromatic rings. The number of rotatable bonds is 4. The largest absolute Gasteiger partial charge is 0.489 e. The quantitative estimate of drug-likeness (QED) is 0.816. The van der Waals surface area contributed by atoms with E-state index in [1.54, 1.807) is 12.1 Å². The lowest BCUT2D eigenvalue weighted by atomic mass is 9.80. The fourth-order valence-electron chi connectivity index (χ4n) is 1.83. The zero-order valence-electron chi connectivity index (χ0n) is 11.1. The first-order valence-corrected chi connectivity index (χ1v) is 6.22. The van der Waals surface area contributed by atoms with Crippen molar-refractivity contribution in [3.8, 4) is 5.75 Å². The molecule has 2 N–H and O–H groups in total. The number of hydrogen-bond donors (Lipinski definition) is 2. The summed E-state index contributed by atoms with van der Waals surface area (Å²) < 4.78 is 5.78. The van der Waals surface area contributed by atoms with Crippen molar-refractivity contribution in [3.05, 3.63) is 59.2 Å². The molecule has 0 aliphatic rings. The maximum Gasteiger partial charge on any atom is 0.488 e. The summed E-state index contributed by atoms with van der Waals surface area (Å²) in [5.41, 5.74) is 3.82. The number of benzene rings is 2. The summed E-state index contributed by atoms with van der Waals surface area (Å²) in [6.45, 7) is 4.56. The first kappa shape index (κ1) is 13.7. The van der Waals surface area contributed by atoms with E-state index >= 15 is 0 Å². The zero-order chi connectivity index (χ0) is 13.8. The number of hydrogen-bond acceptors (Lipinski definition) is 3. The van der Waals surface area contributed by atoms with Crippen LogP contribution in [0.3, 0.4) is 0 Å². The molecule has 19 heavy (non-hydrogen) atoms. The van der Waals surface area contributed by atoms with Crippen LogP contribution >= 0.6 is 0 Å². The molecule has 0 bridgehead atoms. The Morgan fingerprint density at radius 3 is 2.32 bits per heavy atom. The van der Waals surface area contributed by atoms with Crippen LogP contribution in [0.5, 0.6) is 5.75 Å². The van der Waals surface area contributed by atoms with Gasteiger partial charge in [-0.2, -0.15) is 0 Å². The van der Waals surface area contributed by atoms with Crippen molar-refractivity contribution >= 4 is 12.6 Å². The Kier molecular flexibility index (Phi) is 4.25. The maximum atomic E-state index is 9.01. The molecule has 0 unspecified atom stereocenters. The van der Waals surface area contributed by atoms with Crippen molar-refractivity contribution in [1.82, 2.24) is 0 Å². The smallest absolute Gasteiger partial charge is 0.488 e. The van der Waals surface area contributed by atoms with Crippen LogP contribution in [0.25, 0.3) is 0 Å². The Morgan fingerprint density at radius 1 is 1.00 bits per heavy atom. The summed E-state index contributed by atoms with van der Waals surface area (Å²) in [7, 11) is -1.42. The van der Waals surface area contributed by atoms with Crippen molar-refractivity contribution in [2.75, 3.05) is 0 Å². The van der Waals surface area contributed by atoms with Gasteiger partial charge in [-0.15, -0.1) is 0 Å². The molecule has 0 aromatic heterocycles. The molecule has 0 fully saturated rings. The molecule has 3 nitrogen and oxygen atoms in total. The zero-order valence-corrected chi connectivity index (χ0v) is 11.1. The first-order chi connectivity index (χ1) is 9.08. The van der Waals surface area contributed by atoms with Crippen molar-refractivity contribution in [2.24, 2.45) is 0 Å². The molecular formula is C15H17BO3. The van der Waals surface area contributed by atoms with E-state index in [4.69, 9.17) is 14.8 Å². The van der Waals surface area contributed by atoms with E-state index < -0.39 is 7.12 Å². The highest BCUT2D eigenvalue weighted by atomic mass is 16.5. The fraction of sp³-hybridized carbons (Fsp3) is 0.200. The summed E-state index contributed by atoms with van der Waals surface area (Å²) in [5, 5.41) is 18.0. The minimum Gasteiger partial charge on any atom is -0.489 e. The van der Waals surface area contributed by atoms with Gasteiger partial charge in [0.15, 0.2) is 0 Å². The van der Waals surface area contributed by atoms with E-state index in [1.165, 1.54) is 5.56 Å². The third-order valence-electron chi connectivity index (χ3n) is 3.23. The maximum absolute atomic E-state index is 9.01. The van der Waals surface area contributed by atoms with Gasteiger partial charge in [-0.25, -0.2) is 0 Å². The van der Waals surface area contributed by atoms with Crippen molar-refractivity contribution in [2.45, 2.75) is 20.5 Å². The van der Waals surface area contributed by atoms with Crippen LogP contribution in [-0.2, 0) is 6.61 Å². The SMILES string of the molecule is Cc1cccc(OCc2ccc(B(O)O)cc2)c1C. The molecule has 0 atom stereocenters. The molecule has 0 heterocycles. The van der Waals surface area contributed by atoms with Crippen LogP contribution in [0.1, 0.15) is 16.7 Å². The van der Waals surface area contributed by atoms with Crippen LogP contribution in [-0.4, -0.2) is 17.2 Å². The van der Waals surface area contributed by atoms with Crippen LogP contribution in [0.4, 0.5) is 0 Å². The van der Waals surface area contributed by atoms with Gasteiger partial charge in [0.1, 0.15) is 12.4 Å². The summed E-state index contributed by atoms with van der Waals surface area (Å²) in [5.74, 6) is 0.881. The molecule has 0 radical (unpaired) electrons. The number of aryl methyl sites for hydroxylation is 1. The molecule has 0 amide bonds. The topological polar surface area (TPSA) is 49.7 Å².